The molecule has 1 atom stereocenters. The fourth-order valence-corrected chi connectivity index (χ4v) is 2.38. The van der Waals surface area contributed by atoms with E-state index in [1.165, 1.54) is 32.4 Å². The number of alkyl carbamates (subject to hydrolysis) is 1. The molecule has 0 saturated carbocycles. The predicted octanol–water partition coefficient (Wildman–Crippen LogP) is 2.63. The summed E-state index contributed by atoms with van der Waals surface area (Å²) < 4.78 is 5.24. The van der Waals surface area contributed by atoms with Gasteiger partial charge in [-0.05, 0) is 59.0 Å². The molecule has 1 rings (SSSR count). The Labute approximate surface area is 111 Å². The Hall–Kier alpha value is -0.770. The lowest BCUT2D eigenvalue weighted by Crippen LogP contribution is -2.42. The summed E-state index contributed by atoms with van der Waals surface area (Å²) in [5.41, 5.74) is -0.412. The van der Waals surface area contributed by atoms with Gasteiger partial charge in [0, 0.05) is 13.1 Å². The third-order valence-corrected chi connectivity index (χ3v) is 3.08. The van der Waals surface area contributed by atoms with Gasteiger partial charge in [0.1, 0.15) is 5.60 Å². The highest BCUT2D eigenvalue weighted by Gasteiger charge is 2.21. The summed E-state index contributed by atoms with van der Waals surface area (Å²) in [6.07, 6.45) is 3.35. The number of rotatable bonds is 4. The number of nitrogens with one attached hydrogen (secondary N) is 1. The molecule has 1 N–H and O–H groups in total. The van der Waals surface area contributed by atoms with E-state index in [-0.39, 0.29) is 6.09 Å². The molecule has 1 aliphatic rings. The Balaban J connectivity index is 2.24. The van der Waals surface area contributed by atoms with Crippen LogP contribution < -0.4 is 5.32 Å². The first-order valence-corrected chi connectivity index (χ1v) is 7.10. The van der Waals surface area contributed by atoms with E-state index in [9.17, 15) is 4.79 Å². The molecule has 1 fully saturated rings. The second kappa shape index (κ2) is 6.98. The smallest absolute Gasteiger partial charge is 0.407 e. The lowest BCUT2D eigenvalue weighted by molar-refractivity contribution is 0.0507. The maximum absolute atomic E-state index is 11.6. The Morgan fingerprint density at radius 3 is 2.78 bits per heavy atom. The van der Waals surface area contributed by atoms with Crippen molar-refractivity contribution in [3.05, 3.63) is 0 Å². The molecule has 4 heteroatoms. The first-order valence-electron chi connectivity index (χ1n) is 7.10. The van der Waals surface area contributed by atoms with Crippen molar-refractivity contribution in [2.75, 3.05) is 26.2 Å². The molecule has 0 aliphatic carbocycles. The molecule has 0 aromatic rings. The number of carbonyl (C=O) groups is 1. The Morgan fingerprint density at radius 1 is 1.44 bits per heavy atom. The summed E-state index contributed by atoms with van der Waals surface area (Å²) in [5, 5.41) is 2.88. The van der Waals surface area contributed by atoms with Gasteiger partial charge in [0.15, 0.2) is 0 Å². The zero-order valence-corrected chi connectivity index (χ0v) is 12.3. The van der Waals surface area contributed by atoms with Crippen LogP contribution in [0.4, 0.5) is 4.79 Å². The Kier molecular flexibility index (Phi) is 5.93. The van der Waals surface area contributed by atoms with Crippen LogP contribution in [0.2, 0.25) is 0 Å². The van der Waals surface area contributed by atoms with E-state index in [0.717, 1.165) is 13.1 Å². The largest absolute Gasteiger partial charge is 0.444 e. The highest BCUT2D eigenvalue weighted by Crippen LogP contribution is 2.16. The average Bonchev–Trinajstić information content (AvgIpc) is 2.25. The maximum Gasteiger partial charge on any atom is 0.407 e. The average molecular weight is 256 g/mol. The summed E-state index contributed by atoms with van der Waals surface area (Å²) in [5.74, 6) is 0.567. The topological polar surface area (TPSA) is 41.6 Å². The number of hydrogen-bond donors (Lipinski definition) is 1. The van der Waals surface area contributed by atoms with E-state index in [2.05, 4.69) is 17.1 Å². The van der Waals surface area contributed by atoms with Crippen LogP contribution in [0.15, 0.2) is 0 Å². The van der Waals surface area contributed by atoms with Crippen LogP contribution in [0.1, 0.15) is 47.0 Å². The molecule has 0 aromatic carbocycles. The van der Waals surface area contributed by atoms with E-state index in [4.69, 9.17) is 4.74 Å². The van der Waals surface area contributed by atoms with E-state index in [1.807, 2.05) is 20.8 Å². The standard InChI is InChI=1S/C14H28N2O2/c1-5-8-16-9-6-7-12(11-16)10-15-13(17)18-14(2,3)4/h12H,5-11H2,1-4H3,(H,15,17). The van der Waals surface area contributed by atoms with E-state index in [1.54, 1.807) is 0 Å². The maximum atomic E-state index is 11.6. The van der Waals surface area contributed by atoms with E-state index in [0.29, 0.717) is 5.92 Å². The van der Waals surface area contributed by atoms with Crippen LogP contribution in [-0.2, 0) is 4.74 Å². The van der Waals surface area contributed by atoms with E-state index < -0.39 is 5.60 Å². The molecule has 0 aromatic heterocycles. The van der Waals surface area contributed by atoms with Gasteiger partial charge in [-0.2, -0.15) is 0 Å². The Morgan fingerprint density at radius 2 is 2.17 bits per heavy atom. The fourth-order valence-electron chi connectivity index (χ4n) is 2.38. The third-order valence-electron chi connectivity index (χ3n) is 3.08. The number of nitrogens with zero attached hydrogens (tertiary/aromatic N) is 1. The van der Waals surface area contributed by atoms with E-state index >= 15 is 0 Å². The van der Waals surface area contributed by atoms with Crippen LogP contribution in [0.5, 0.6) is 0 Å². The molecule has 0 radical (unpaired) electrons. The highest BCUT2D eigenvalue weighted by atomic mass is 16.6. The lowest BCUT2D eigenvalue weighted by Gasteiger charge is -2.32. The third kappa shape index (κ3) is 6.24. The molecular formula is C14H28N2O2. The quantitative estimate of drug-likeness (QED) is 0.840. The fraction of sp³-hybridized carbons (Fsp3) is 0.929. The van der Waals surface area contributed by atoms with Crippen molar-refractivity contribution in [1.82, 2.24) is 10.2 Å². The minimum absolute atomic E-state index is 0.296. The monoisotopic (exact) mass is 256 g/mol. The van der Waals surface area contributed by atoms with Crippen molar-refractivity contribution in [3.8, 4) is 0 Å². The van der Waals surface area contributed by atoms with Gasteiger partial charge in [0.2, 0.25) is 0 Å². The second-order valence-electron chi connectivity index (χ2n) is 6.19. The van der Waals surface area contributed by atoms with Crippen molar-refractivity contribution in [2.24, 2.45) is 5.92 Å². The van der Waals surface area contributed by atoms with Crippen molar-refractivity contribution in [3.63, 3.8) is 0 Å². The van der Waals surface area contributed by atoms with Crippen LogP contribution in [0.25, 0.3) is 0 Å². The number of ether oxygens (including phenoxy) is 1. The summed E-state index contributed by atoms with van der Waals surface area (Å²) in [4.78, 5) is 14.1. The van der Waals surface area contributed by atoms with Gasteiger partial charge in [-0.1, -0.05) is 6.92 Å². The summed E-state index contributed by atoms with van der Waals surface area (Å²) in [7, 11) is 0. The molecule has 1 unspecified atom stereocenters. The van der Waals surface area contributed by atoms with Crippen LogP contribution in [0, 0.1) is 5.92 Å². The summed E-state index contributed by atoms with van der Waals surface area (Å²) in [6, 6.07) is 0. The van der Waals surface area contributed by atoms with Crippen molar-refractivity contribution < 1.29 is 9.53 Å². The van der Waals surface area contributed by atoms with Crippen LogP contribution >= 0.6 is 0 Å². The predicted molar refractivity (Wildman–Crippen MR) is 73.7 cm³/mol. The van der Waals surface area contributed by atoms with Gasteiger partial charge in [0.25, 0.3) is 0 Å². The molecule has 106 valence electrons. The molecule has 18 heavy (non-hydrogen) atoms. The summed E-state index contributed by atoms with van der Waals surface area (Å²) in [6.45, 7) is 12.1. The number of carbonyl (C=O) groups excluding carboxylic acids is 1. The molecule has 0 bridgehead atoms. The number of piperidine rings is 1. The van der Waals surface area contributed by atoms with Crippen molar-refractivity contribution in [1.29, 1.82) is 0 Å². The second-order valence-corrected chi connectivity index (χ2v) is 6.19. The number of hydrogen-bond acceptors (Lipinski definition) is 3. The van der Waals surface area contributed by atoms with Gasteiger partial charge >= 0.3 is 6.09 Å². The zero-order valence-electron chi connectivity index (χ0n) is 12.3. The van der Waals surface area contributed by atoms with Gasteiger partial charge in [-0.3, -0.25) is 0 Å². The molecule has 4 nitrogen and oxygen atoms in total. The molecule has 0 spiro atoms. The zero-order chi connectivity index (χ0) is 13.6. The van der Waals surface area contributed by atoms with Crippen molar-refractivity contribution in [2.45, 2.75) is 52.6 Å². The molecule has 1 heterocycles. The minimum atomic E-state index is -0.412. The molecular weight excluding hydrogens is 228 g/mol. The first-order chi connectivity index (χ1) is 8.40. The van der Waals surface area contributed by atoms with Gasteiger partial charge in [-0.15, -0.1) is 0 Å². The number of likely N-dealkylation sites (tertiary alicyclic amines) is 1. The minimum Gasteiger partial charge on any atom is -0.444 e. The van der Waals surface area contributed by atoms with Gasteiger partial charge in [-0.25, -0.2) is 4.79 Å². The summed E-state index contributed by atoms with van der Waals surface area (Å²) >= 11 is 0. The van der Waals surface area contributed by atoms with Crippen LogP contribution in [0.3, 0.4) is 0 Å². The Bertz CT molecular complexity index is 259. The molecule has 1 saturated heterocycles. The van der Waals surface area contributed by atoms with Crippen molar-refractivity contribution >= 4 is 6.09 Å². The van der Waals surface area contributed by atoms with Gasteiger partial charge < -0.3 is 15.0 Å². The molecule has 1 aliphatic heterocycles. The highest BCUT2D eigenvalue weighted by molar-refractivity contribution is 5.67. The SMILES string of the molecule is CCCN1CCCC(CNC(=O)OC(C)(C)C)C1. The van der Waals surface area contributed by atoms with Gasteiger partial charge in [0.05, 0.1) is 0 Å². The first kappa shape index (κ1) is 15.3. The number of amides is 1. The van der Waals surface area contributed by atoms with Crippen LogP contribution in [-0.4, -0.2) is 42.8 Å². The lowest BCUT2D eigenvalue weighted by atomic mass is 9.98. The normalized spacial score (nSPS) is 21.7. The molecule has 1 amide bonds.